The molecule has 0 unspecified atom stereocenters. The lowest BCUT2D eigenvalue weighted by Gasteiger charge is -2.08. The number of nitrogens with one attached hydrogen (secondary N) is 1. The summed E-state index contributed by atoms with van der Waals surface area (Å²) in [6, 6.07) is 5.03. The Bertz CT molecular complexity index is 477. The van der Waals surface area contributed by atoms with Crippen molar-refractivity contribution in [1.82, 2.24) is 0 Å². The molecule has 0 saturated heterocycles. The molecule has 0 heterocycles. The second-order valence-corrected chi connectivity index (χ2v) is 4.95. The Kier molecular flexibility index (Phi) is 6.87. The number of carboxylic acids is 1. The molecule has 110 valence electrons. The SMILES string of the molecule is NC(=O)c1ccc(NCCCCCCC(=O)O)cc1Cl. The molecule has 0 radical (unpaired) electrons. The van der Waals surface area contributed by atoms with Gasteiger partial charge in [-0.1, -0.05) is 24.4 Å². The highest BCUT2D eigenvalue weighted by Gasteiger charge is 2.06. The standard InChI is InChI=1S/C14H19ClN2O3/c15-12-9-10(6-7-11(12)14(16)20)17-8-4-2-1-3-5-13(18)19/h6-7,9,17H,1-5,8H2,(H2,16,20)(H,18,19). The number of nitrogens with two attached hydrogens (primary N) is 1. The van der Waals surface area contributed by atoms with E-state index in [4.69, 9.17) is 22.4 Å². The van der Waals surface area contributed by atoms with Gasteiger partial charge < -0.3 is 16.2 Å². The van der Waals surface area contributed by atoms with Crippen molar-refractivity contribution in [1.29, 1.82) is 0 Å². The summed E-state index contributed by atoms with van der Waals surface area (Å²) in [5.41, 5.74) is 6.32. The number of hydrogen-bond donors (Lipinski definition) is 3. The summed E-state index contributed by atoms with van der Waals surface area (Å²) in [5.74, 6) is -1.28. The molecule has 1 amide bonds. The van der Waals surface area contributed by atoms with Crippen molar-refractivity contribution in [2.45, 2.75) is 32.1 Å². The summed E-state index contributed by atoms with van der Waals surface area (Å²) in [5, 5.41) is 12.0. The van der Waals surface area contributed by atoms with E-state index >= 15 is 0 Å². The second-order valence-electron chi connectivity index (χ2n) is 4.54. The van der Waals surface area contributed by atoms with Crippen LogP contribution in [0.3, 0.4) is 0 Å². The van der Waals surface area contributed by atoms with Crippen molar-refractivity contribution in [3.05, 3.63) is 28.8 Å². The Hall–Kier alpha value is -1.75. The van der Waals surface area contributed by atoms with Gasteiger partial charge in [-0.2, -0.15) is 0 Å². The molecule has 0 atom stereocenters. The van der Waals surface area contributed by atoms with E-state index in [-0.39, 0.29) is 6.42 Å². The second kappa shape index (κ2) is 8.43. The summed E-state index contributed by atoms with van der Waals surface area (Å²) in [7, 11) is 0. The smallest absolute Gasteiger partial charge is 0.303 e. The minimum atomic E-state index is -0.743. The van der Waals surface area contributed by atoms with E-state index in [2.05, 4.69) is 5.32 Å². The van der Waals surface area contributed by atoms with Crippen molar-refractivity contribution in [3.63, 3.8) is 0 Å². The van der Waals surface area contributed by atoms with Gasteiger partial charge >= 0.3 is 5.97 Å². The van der Waals surface area contributed by atoms with Crippen LogP contribution in [0.2, 0.25) is 5.02 Å². The van der Waals surface area contributed by atoms with Crippen LogP contribution in [0.25, 0.3) is 0 Å². The molecule has 0 fully saturated rings. The van der Waals surface area contributed by atoms with E-state index in [1.54, 1.807) is 18.2 Å². The van der Waals surface area contributed by atoms with Crippen LogP contribution in [0.15, 0.2) is 18.2 Å². The molecule has 6 heteroatoms. The van der Waals surface area contributed by atoms with Gasteiger partial charge in [0.25, 0.3) is 0 Å². The summed E-state index contributed by atoms with van der Waals surface area (Å²) in [4.78, 5) is 21.3. The summed E-state index contributed by atoms with van der Waals surface area (Å²) in [6.07, 6.45) is 3.80. The first-order valence-corrected chi connectivity index (χ1v) is 6.93. The predicted molar refractivity (Wildman–Crippen MR) is 79.2 cm³/mol. The Morgan fingerprint density at radius 1 is 1.20 bits per heavy atom. The Labute approximate surface area is 123 Å². The molecule has 0 spiro atoms. The van der Waals surface area contributed by atoms with Gasteiger partial charge in [0.05, 0.1) is 10.6 Å². The van der Waals surface area contributed by atoms with E-state index in [1.165, 1.54) is 0 Å². The molecule has 0 aliphatic rings. The zero-order chi connectivity index (χ0) is 15.0. The number of amides is 1. The molecule has 1 aromatic rings. The van der Waals surface area contributed by atoms with Crippen LogP contribution in [-0.2, 0) is 4.79 Å². The molecule has 0 saturated carbocycles. The molecule has 4 N–H and O–H groups in total. The average Bonchev–Trinajstić information content (AvgIpc) is 2.37. The topological polar surface area (TPSA) is 92.4 Å². The van der Waals surface area contributed by atoms with Crippen LogP contribution in [0, 0.1) is 0 Å². The van der Waals surface area contributed by atoms with Crippen LogP contribution in [-0.4, -0.2) is 23.5 Å². The zero-order valence-electron chi connectivity index (χ0n) is 11.2. The number of carbonyl (C=O) groups excluding carboxylic acids is 1. The van der Waals surface area contributed by atoms with E-state index in [0.717, 1.165) is 31.5 Å². The first kappa shape index (κ1) is 16.3. The van der Waals surface area contributed by atoms with Crippen LogP contribution >= 0.6 is 11.6 Å². The summed E-state index contributed by atoms with van der Waals surface area (Å²) >= 11 is 5.94. The molecule has 1 rings (SSSR count). The number of rotatable bonds is 9. The van der Waals surface area contributed by atoms with Crippen LogP contribution in [0.5, 0.6) is 0 Å². The van der Waals surface area contributed by atoms with Gasteiger partial charge in [0.2, 0.25) is 5.91 Å². The van der Waals surface area contributed by atoms with Gasteiger partial charge in [-0.05, 0) is 31.0 Å². The zero-order valence-corrected chi connectivity index (χ0v) is 11.9. The lowest BCUT2D eigenvalue weighted by molar-refractivity contribution is -0.137. The molecular weight excluding hydrogens is 280 g/mol. The van der Waals surface area contributed by atoms with Gasteiger partial charge in [0.1, 0.15) is 0 Å². The van der Waals surface area contributed by atoms with Crippen LogP contribution in [0.1, 0.15) is 42.5 Å². The number of unbranched alkanes of at least 4 members (excludes halogenated alkanes) is 3. The van der Waals surface area contributed by atoms with Crippen molar-refractivity contribution >= 4 is 29.2 Å². The lowest BCUT2D eigenvalue weighted by atomic mass is 10.1. The Morgan fingerprint density at radius 3 is 2.50 bits per heavy atom. The van der Waals surface area contributed by atoms with E-state index in [1.807, 2.05) is 0 Å². The van der Waals surface area contributed by atoms with E-state index < -0.39 is 11.9 Å². The minimum absolute atomic E-state index is 0.234. The number of hydrogen-bond acceptors (Lipinski definition) is 3. The summed E-state index contributed by atoms with van der Waals surface area (Å²) < 4.78 is 0. The average molecular weight is 299 g/mol. The third-order valence-electron chi connectivity index (χ3n) is 2.88. The third kappa shape index (κ3) is 5.93. The number of aliphatic carboxylic acids is 1. The molecule has 20 heavy (non-hydrogen) atoms. The molecule has 0 bridgehead atoms. The van der Waals surface area contributed by atoms with Gasteiger partial charge in [0.15, 0.2) is 0 Å². The van der Waals surface area contributed by atoms with Crippen LogP contribution in [0.4, 0.5) is 5.69 Å². The summed E-state index contributed by atoms with van der Waals surface area (Å²) in [6.45, 7) is 0.777. The Balaban J connectivity index is 2.24. The predicted octanol–water partition coefficient (Wildman–Crippen LogP) is 2.89. The first-order chi connectivity index (χ1) is 9.50. The monoisotopic (exact) mass is 298 g/mol. The van der Waals surface area contributed by atoms with Gasteiger partial charge in [-0.3, -0.25) is 9.59 Å². The normalized spacial score (nSPS) is 10.2. The first-order valence-electron chi connectivity index (χ1n) is 6.55. The molecular formula is C14H19ClN2O3. The van der Waals surface area contributed by atoms with E-state index in [9.17, 15) is 9.59 Å². The molecule has 0 aliphatic carbocycles. The third-order valence-corrected chi connectivity index (χ3v) is 3.19. The largest absolute Gasteiger partial charge is 0.481 e. The van der Waals surface area contributed by atoms with Crippen molar-refractivity contribution in [2.75, 3.05) is 11.9 Å². The number of halogens is 1. The molecule has 1 aromatic carbocycles. The number of anilines is 1. The lowest BCUT2D eigenvalue weighted by Crippen LogP contribution is -2.11. The van der Waals surface area contributed by atoms with Gasteiger partial charge in [-0.15, -0.1) is 0 Å². The number of carbonyl (C=O) groups is 2. The fourth-order valence-corrected chi connectivity index (χ4v) is 2.09. The maximum atomic E-state index is 11.0. The van der Waals surface area contributed by atoms with Gasteiger partial charge in [-0.25, -0.2) is 0 Å². The maximum Gasteiger partial charge on any atom is 0.303 e. The quantitative estimate of drug-likeness (QED) is 0.611. The maximum absolute atomic E-state index is 11.0. The highest BCUT2D eigenvalue weighted by molar-refractivity contribution is 6.34. The van der Waals surface area contributed by atoms with Crippen LogP contribution < -0.4 is 11.1 Å². The fraction of sp³-hybridized carbons (Fsp3) is 0.429. The highest BCUT2D eigenvalue weighted by Crippen LogP contribution is 2.20. The molecule has 0 aromatic heterocycles. The van der Waals surface area contributed by atoms with Crippen molar-refractivity contribution in [3.8, 4) is 0 Å². The fourth-order valence-electron chi connectivity index (χ4n) is 1.81. The number of carboxylic acid groups (broad SMARTS) is 1. The van der Waals surface area contributed by atoms with Crippen molar-refractivity contribution in [2.24, 2.45) is 5.73 Å². The Morgan fingerprint density at radius 2 is 1.90 bits per heavy atom. The minimum Gasteiger partial charge on any atom is -0.481 e. The number of benzene rings is 1. The number of primary amides is 1. The van der Waals surface area contributed by atoms with Gasteiger partial charge in [0, 0.05) is 18.7 Å². The van der Waals surface area contributed by atoms with E-state index in [0.29, 0.717) is 17.0 Å². The highest BCUT2D eigenvalue weighted by atomic mass is 35.5. The molecule has 0 aliphatic heterocycles. The molecule has 5 nitrogen and oxygen atoms in total. The van der Waals surface area contributed by atoms with Crippen molar-refractivity contribution < 1.29 is 14.7 Å².